The molecule has 0 spiro atoms. The van der Waals surface area contributed by atoms with Gasteiger partial charge >= 0.3 is 0 Å². The predicted molar refractivity (Wildman–Crippen MR) is 84.8 cm³/mol. The fraction of sp³-hybridized carbons (Fsp3) is 0.882. The topological polar surface area (TPSA) is 59.1 Å². The second kappa shape index (κ2) is 6.77. The number of carbonyl (C=O) groups excluding carboxylic acids is 2. The van der Waals surface area contributed by atoms with Crippen molar-refractivity contribution in [3.63, 3.8) is 0 Å². The zero-order valence-electron chi connectivity index (χ0n) is 14.4. The number of amides is 2. The maximum absolute atomic E-state index is 12.7. The molecule has 3 unspecified atom stereocenters. The molecule has 2 saturated carbocycles. The summed E-state index contributed by atoms with van der Waals surface area (Å²) in [5.41, 5.74) is 0. The molecular formula is C17H28N2O4. The van der Waals surface area contributed by atoms with E-state index in [1.807, 2.05) is 16.7 Å². The van der Waals surface area contributed by atoms with Gasteiger partial charge in [-0.15, -0.1) is 0 Å². The van der Waals surface area contributed by atoms with Gasteiger partial charge in [0.2, 0.25) is 0 Å². The standard InChI is InChI=1S/C17H28N2O4/c1-11-10-18(16(20)14(22-2)12-4-5-12)8-9-19(11)17(21)15(23-3)13-6-7-13/h11-15H,4-10H2,1-3H3. The van der Waals surface area contributed by atoms with Crippen LogP contribution in [0.4, 0.5) is 0 Å². The molecule has 0 aromatic carbocycles. The Morgan fingerprint density at radius 1 is 0.913 bits per heavy atom. The van der Waals surface area contributed by atoms with Gasteiger partial charge in [0.1, 0.15) is 12.2 Å². The fourth-order valence-electron chi connectivity index (χ4n) is 3.62. The summed E-state index contributed by atoms with van der Waals surface area (Å²) in [6.45, 7) is 3.76. The van der Waals surface area contributed by atoms with Gasteiger partial charge in [0, 0.05) is 39.9 Å². The Morgan fingerprint density at radius 2 is 1.43 bits per heavy atom. The van der Waals surface area contributed by atoms with Crippen molar-refractivity contribution in [2.75, 3.05) is 33.9 Å². The summed E-state index contributed by atoms with van der Waals surface area (Å²) in [6.07, 6.45) is 3.70. The van der Waals surface area contributed by atoms with Crippen LogP contribution in [-0.2, 0) is 19.1 Å². The molecule has 1 saturated heterocycles. The molecule has 23 heavy (non-hydrogen) atoms. The van der Waals surface area contributed by atoms with Gasteiger partial charge in [-0.1, -0.05) is 0 Å². The van der Waals surface area contributed by atoms with Gasteiger partial charge in [-0.3, -0.25) is 9.59 Å². The Morgan fingerprint density at radius 3 is 1.87 bits per heavy atom. The lowest BCUT2D eigenvalue weighted by Gasteiger charge is -2.42. The summed E-state index contributed by atoms with van der Waals surface area (Å²) < 4.78 is 10.8. The first kappa shape index (κ1) is 16.7. The molecule has 0 aromatic rings. The maximum Gasteiger partial charge on any atom is 0.252 e. The summed E-state index contributed by atoms with van der Waals surface area (Å²) in [7, 11) is 3.23. The van der Waals surface area contributed by atoms with Crippen molar-refractivity contribution in [3.05, 3.63) is 0 Å². The van der Waals surface area contributed by atoms with E-state index in [4.69, 9.17) is 9.47 Å². The van der Waals surface area contributed by atoms with E-state index >= 15 is 0 Å². The number of ether oxygens (including phenoxy) is 2. The monoisotopic (exact) mass is 324 g/mol. The lowest BCUT2D eigenvalue weighted by atomic mass is 10.1. The van der Waals surface area contributed by atoms with Crippen molar-refractivity contribution in [2.24, 2.45) is 11.8 Å². The van der Waals surface area contributed by atoms with Gasteiger partial charge in [-0.05, 0) is 44.4 Å². The third kappa shape index (κ3) is 3.53. The minimum Gasteiger partial charge on any atom is -0.371 e. The Bertz CT molecular complexity index is 462. The van der Waals surface area contributed by atoms with Crippen LogP contribution in [0.1, 0.15) is 32.6 Å². The molecule has 130 valence electrons. The molecule has 3 rings (SSSR count). The first-order valence-corrected chi connectivity index (χ1v) is 8.71. The van der Waals surface area contributed by atoms with Gasteiger partial charge in [0.15, 0.2) is 0 Å². The Labute approximate surface area is 138 Å². The van der Waals surface area contributed by atoms with Crippen LogP contribution in [0.2, 0.25) is 0 Å². The molecule has 6 nitrogen and oxygen atoms in total. The zero-order valence-corrected chi connectivity index (χ0v) is 14.4. The molecular weight excluding hydrogens is 296 g/mol. The SMILES string of the molecule is COC(C(=O)N1CCN(C(=O)C(OC)C2CC2)C(C)C1)C1CC1. The summed E-state index contributed by atoms with van der Waals surface area (Å²) in [5.74, 6) is 0.932. The first-order valence-electron chi connectivity index (χ1n) is 8.71. The molecule has 3 aliphatic rings. The highest BCUT2D eigenvalue weighted by Crippen LogP contribution is 2.36. The molecule has 2 aliphatic carbocycles. The number of piperazine rings is 1. The lowest BCUT2D eigenvalue weighted by molar-refractivity contribution is -0.155. The Balaban J connectivity index is 1.58. The van der Waals surface area contributed by atoms with Gasteiger partial charge in [-0.2, -0.15) is 0 Å². The number of nitrogens with zero attached hydrogens (tertiary/aromatic N) is 2. The highest BCUT2D eigenvalue weighted by Gasteiger charge is 2.43. The number of methoxy groups -OCH3 is 2. The molecule has 6 heteroatoms. The van der Waals surface area contributed by atoms with Crippen LogP contribution >= 0.6 is 0 Å². The quantitative estimate of drug-likeness (QED) is 0.728. The molecule has 1 heterocycles. The second-order valence-electron chi connectivity index (χ2n) is 7.15. The minimum atomic E-state index is -0.308. The minimum absolute atomic E-state index is 0.0216. The van der Waals surface area contributed by atoms with Gasteiger partial charge in [0.05, 0.1) is 0 Å². The van der Waals surface area contributed by atoms with E-state index in [-0.39, 0.29) is 30.1 Å². The summed E-state index contributed by atoms with van der Waals surface area (Å²) in [5, 5.41) is 0. The number of hydrogen-bond donors (Lipinski definition) is 0. The smallest absolute Gasteiger partial charge is 0.252 e. The van der Waals surface area contributed by atoms with Crippen LogP contribution in [0.25, 0.3) is 0 Å². The lowest BCUT2D eigenvalue weighted by Crippen LogP contribution is -2.59. The Kier molecular flexibility index (Phi) is 4.92. The molecule has 2 amide bonds. The maximum atomic E-state index is 12.7. The van der Waals surface area contributed by atoms with E-state index in [0.717, 1.165) is 25.7 Å². The molecule has 3 fully saturated rings. The van der Waals surface area contributed by atoms with Crippen LogP contribution < -0.4 is 0 Å². The summed E-state index contributed by atoms with van der Waals surface area (Å²) >= 11 is 0. The van der Waals surface area contributed by atoms with Crippen molar-refractivity contribution in [1.29, 1.82) is 0 Å². The number of rotatable bonds is 6. The average Bonchev–Trinajstić information content (AvgIpc) is 3.41. The van der Waals surface area contributed by atoms with Gasteiger partial charge < -0.3 is 19.3 Å². The molecule has 0 N–H and O–H groups in total. The van der Waals surface area contributed by atoms with E-state index in [2.05, 4.69) is 0 Å². The van der Waals surface area contributed by atoms with Gasteiger partial charge in [0.25, 0.3) is 11.8 Å². The van der Waals surface area contributed by atoms with Crippen molar-refractivity contribution in [3.8, 4) is 0 Å². The van der Waals surface area contributed by atoms with E-state index < -0.39 is 0 Å². The van der Waals surface area contributed by atoms with Crippen LogP contribution in [0.3, 0.4) is 0 Å². The molecule has 3 atom stereocenters. The molecule has 1 aliphatic heterocycles. The third-order valence-corrected chi connectivity index (χ3v) is 5.32. The largest absolute Gasteiger partial charge is 0.371 e. The predicted octanol–water partition coefficient (Wildman–Crippen LogP) is 0.896. The normalized spacial score (nSPS) is 27.7. The molecule has 0 bridgehead atoms. The number of carbonyl (C=O) groups is 2. The van der Waals surface area contributed by atoms with Crippen LogP contribution in [0.15, 0.2) is 0 Å². The van der Waals surface area contributed by atoms with Crippen molar-refractivity contribution in [1.82, 2.24) is 9.80 Å². The zero-order chi connectivity index (χ0) is 16.6. The second-order valence-corrected chi connectivity index (χ2v) is 7.15. The summed E-state index contributed by atoms with van der Waals surface area (Å²) in [6, 6.07) is 0.0216. The van der Waals surface area contributed by atoms with Crippen LogP contribution in [-0.4, -0.2) is 73.7 Å². The highest BCUT2D eigenvalue weighted by atomic mass is 16.5. The van der Waals surface area contributed by atoms with E-state index in [1.54, 1.807) is 14.2 Å². The van der Waals surface area contributed by atoms with E-state index in [0.29, 0.717) is 31.5 Å². The molecule has 0 aromatic heterocycles. The number of hydrogen-bond acceptors (Lipinski definition) is 4. The van der Waals surface area contributed by atoms with Crippen molar-refractivity contribution >= 4 is 11.8 Å². The van der Waals surface area contributed by atoms with E-state index in [9.17, 15) is 9.59 Å². The van der Waals surface area contributed by atoms with Crippen molar-refractivity contribution in [2.45, 2.75) is 50.9 Å². The van der Waals surface area contributed by atoms with Crippen LogP contribution in [0, 0.1) is 11.8 Å². The third-order valence-electron chi connectivity index (χ3n) is 5.32. The van der Waals surface area contributed by atoms with Crippen molar-refractivity contribution < 1.29 is 19.1 Å². The summed E-state index contributed by atoms with van der Waals surface area (Å²) in [4.78, 5) is 29.0. The van der Waals surface area contributed by atoms with Crippen LogP contribution in [0.5, 0.6) is 0 Å². The van der Waals surface area contributed by atoms with E-state index in [1.165, 1.54) is 0 Å². The first-order chi connectivity index (χ1) is 11.1. The molecule has 0 radical (unpaired) electrons. The Hall–Kier alpha value is -1.14. The van der Waals surface area contributed by atoms with Gasteiger partial charge in [-0.25, -0.2) is 0 Å². The highest BCUT2D eigenvalue weighted by molar-refractivity contribution is 5.84. The fourth-order valence-corrected chi connectivity index (χ4v) is 3.62. The average molecular weight is 324 g/mol.